The summed E-state index contributed by atoms with van der Waals surface area (Å²) in [7, 11) is 0. The van der Waals surface area contributed by atoms with Gasteiger partial charge in [0.25, 0.3) is 5.91 Å². The van der Waals surface area contributed by atoms with Crippen LogP contribution in [-0.4, -0.2) is 11.0 Å². The van der Waals surface area contributed by atoms with Crippen molar-refractivity contribution in [2.75, 3.05) is 5.32 Å². The van der Waals surface area contributed by atoms with Crippen LogP contribution in [0, 0.1) is 11.3 Å². The zero-order valence-electron chi connectivity index (χ0n) is 11.2. The third kappa shape index (κ3) is 3.79. The minimum atomic E-state index is -0.616. The van der Waals surface area contributed by atoms with Gasteiger partial charge in [-0.3, -0.25) is 4.79 Å². The van der Waals surface area contributed by atoms with Crippen molar-refractivity contribution in [3.05, 3.63) is 63.6 Å². The minimum Gasteiger partial charge on any atom is -0.508 e. The van der Waals surface area contributed by atoms with Gasteiger partial charge in [0, 0.05) is 0 Å². The number of amides is 1. The molecule has 0 saturated heterocycles. The molecule has 110 valence electrons. The van der Waals surface area contributed by atoms with Gasteiger partial charge in [-0.15, -0.1) is 0 Å². The molecule has 0 aliphatic heterocycles. The first kappa shape index (κ1) is 15.9. The van der Waals surface area contributed by atoms with E-state index >= 15 is 0 Å². The van der Waals surface area contributed by atoms with Crippen molar-refractivity contribution in [2.24, 2.45) is 0 Å². The number of halogens is 2. The Morgan fingerprint density at radius 1 is 1.23 bits per heavy atom. The maximum Gasteiger partial charge on any atom is 0.266 e. The lowest BCUT2D eigenvalue weighted by Crippen LogP contribution is -2.13. The standard InChI is InChI=1S/C16H10Cl2N2O2/c17-13-5-2-6-14(15(13)18)20-16(22)11(9-19)7-10-3-1-4-12(21)8-10/h1-8,21H,(H,20,22)/b11-7-. The van der Waals surface area contributed by atoms with Crippen LogP contribution in [0.1, 0.15) is 5.56 Å². The number of nitriles is 1. The van der Waals surface area contributed by atoms with Gasteiger partial charge < -0.3 is 10.4 Å². The maximum atomic E-state index is 12.1. The van der Waals surface area contributed by atoms with Crippen molar-refractivity contribution >= 4 is 40.9 Å². The number of hydrogen-bond donors (Lipinski definition) is 2. The molecule has 2 rings (SSSR count). The van der Waals surface area contributed by atoms with E-state index < -0.39 is 5.91 Å². The molecule has 0 radical (unpaired) electrons. The summed E-state index contributed by atoms with van der Waals surface area (Å²) in [4.78, 5) is 12.1. The first-order valence-corrected chi connectivity index (χ1v) is 6.93. The highest BCUT2D eigenvalue weighted by Gasteiger charge is 2.12. The fourth-order valence-corrected chi connectivity index (χ4v) is 2.07. The molecule has 6 heteroatoms. The van der Waals surface area contributed by atoms with Crippen molar-refractivity contribution in [3.8, 4) is 11.8 Å². The molecule has 0 heterocycles. The Balaban J connectivity index is 2.26. The molecule has 0 aliphatic carbocycles. The molecule has 2 aromatic carbocycles. The van der Waals surface area contributed by atoms with Gasteiger partial charge in [0.2, 0.25) is 0 Å². The van der Waals surface area contributed by atoms with Crippen molar-refractivity contribution < 1.29 is 9.90 Å². The number of aromatic hydroxyl groups is 1. The summed E-state index contributed by atoms with van der Waals surface area (Å²) in [5, 5.41) is 21.6. The lowest BCUT2D eigenvalue weighted by molar-refractivity contribution is -0.112. The maximum absolute atomic E-state index is 12.1. The minimum absolute atomic E-state index is 0.0457. The van der Waals surface area contributed by atoms with Crippen LogP contribution in [0.15, 0.2) is 48.0 Å². The molecular weight excluding hydrogens is 323 g/mol. The van der Waals surface area contributed by atoms with E-state index in [1.807, 2.05) is 6.07 Å². The largest absolute Gasteiger partial charge is 0.508 e. The second-order valence-corrected chi connectivity index (χ2v) is 5.11. The molecule has 0 atom stereocenters. The SMILES string of the molecule is N#C/C(=C/c1cccc(O)c1)C(=O)Nc1cccc(Cl)c1Cl. The second kappa shape index (κ2) is 6.99. The predicted molar refractivity (Wildman–Crippen MR) is 86.8 cm³/mol. The number of phenols is 1. The average molecular weight is 333 g/mol. The number of anilines is 1. The van der Waals surface area contributed by atoms with E-state index in [0.29, 0.717) is 16.3 Å². The van der Waals surface area contributed by atoms with E-state index in [-0.39, 0.29) is 16.3 Å². The third-order valence-electron chi connectivity index (χ3n) is 2.75. The van der Waals surface area contributed by atoms with Gasteiger partial charge in [0.1, 0.15) is 17.4 Å². The van der Waals surface area contributed by atoms with Crippen LogP contribution in [0.3, 0.4) is 0 Å². The van der Waals surface area contributed by atoms with Crippen LogP contribution in [0.4, 0.5) is 5.69 Å². The van der Waals surface area contributed by atoms with Gasteiger partial charge in [0.05, 0.1) is 15.7 Å². The molecule has 1 amide bonds. The van der Waals surface area contributed by atoms with Crippen molar-refractivity contribution in [1.82, 2.24) is 0 Å². The third-order valence-corrected chi connectivity index (χ3v) is 3.56. The van der Waals surface area contributed by atoms with E-state index in [9.17, 15) is 9.90 Å². The van der Waals surface area contributed by atoms with E-state index in [4.69, 9.17) is 28.5 Å². The first-order valence-electron chi connectivity index (χ1n) is 6.17. The van der Waals surface area contributed by atoms with Crippen LogP contribution in [0.2, 0.25) is 10.0 Å². The molecule has 0 bridgehead atoms. The fourth-order valence-electron chi connectivity index (χ4n) is 1.72. The molecule has 4 nitrogen and oxygen atoms in total. The van der Waals surface area contributed by atoms with E-state index in [1.165, 1.54) is 18.2 Å². The Morgan fingerprint density at radius 3 is 2.64 bits per heavy atom. The molecule has 0 unspecified atom stereocenters. The van der Waals surface area contributed by atoms with Crippen molar-refractivity contribution in [3.63, 3.8) is 0 Å². The number of hydrogen-bond acceptors (Lipinski definition) is 3. The molecule has 0 saturated carbocycles. The van der Waals surface area contributed by atoms with Crippen molar-refractivity contribution in [1.29, 1.82) is 5.26 Å². The van der Waals surface area contributed by atoms with Gasteiger partial charge in [-0.2, -0.15) is 5.26 Å². The van der Waals surface area contributed by atoms with Gasteiger partial charge >= 0.3 is 0 Å². The lowest BCUT2D eigenvalue weighted by Gasteiger charge is -2.07. The number of carbonyl (C=O) groups is 1. The molecule has 0 fully saturated rings. The number of nitrogens with zero attached hydrogens (tertiary/aromatic N) is 1. The smallest absolute Gasteiger partial charge is 0.266 e. The van der Waals surface area contributed by atoms with Crippen LogP contribution in [0.5, 0.6) is 5.75 Å². The Kier molecular flexibility index (Phi) is 5.05. The number of carbonyl (C=O) groups excluding carboxylic acids is 1. The summed E-state index contributed by atoms with van der Waals surface area (Å²) in [6, 6.07) is 12.8. The molecule has 0 spiro atoms. The topological polar surface area (TPSA) is 73.1 Å². The van der Waals surface area contributed by atoms with Crippen LogP contribution >= 0.6 is 23.2 Å². The first-order chi connectivity index (χ1) is 10.5. The summed E-state index contributed by atoms with van der Waals surface area (Å²) in [6.07, 6.45) is 1.37. The zero-order chi connectivity index (χ0) is 16.1. The van der Waals surface area contributed by atoms with Gasteiger partial charge in [0.15, 0.2) is 0 Å². The van der Waals surface area contributed by atoms with Gasteiger partial charge in [-0.25, -0.2) is 0 Å². The molecule has 22 heavy (non-hydrogen) atoms. The zero-order valence-corrected chi connectivity index (χ0v) is 12.7. The fraction of sp³-hybridized carbons (Fsp3) is 0. The van der Waals surface area contributed by atoms with Crippen LogP contribution < -0.4 is 5.32 Å². The van der Waals surface area contributed by atoms with Crippen LogP contribution in [0.25, 0.3) is 6.08 Å². The Hall–Kier alpha value is -2.48. The summed E-state index contributed by atoms with van der Waals surface area (Å²) in [6.45, 7) is 0. The van der Waals surface area contributed by atoms with Gasteiger partial charge in [-0.1, -0.05) is 41.4 Å². The number of rotatable bonds is 3. The highest BCUT2D eigenvalue weighted by molar-refractivity contribution is 6.44. The number of phenolic OH excluding ortho intramolecular Hbond substituents is 1. The molecule has 0 aromatic heterocycles. The van der Waals surface area contributed by atoms with E-state index in [1.54, 1.807) is 30.3 Å². The predicted octanol–water partition coefficient (Wildman–Crippen LogP) is 4.24. The Bertz CT molecular complexity index is 795. The Morgan fingerprint density at radius 2 is 1.95 bits per heavy atom. The quantitative estimate of drug-likeness (QED) is 0.652. The molecule has 2 N–H and O–H groups in total. The van der Waals surface area contributed by atoms with Gasteiger partial charge in [-0.05, 0) is 35.9 Å². The average Bonchev–Trinajstić information content (AvgIpc) is 2.49. The summed E-state index contributed by atoms with van der Waals surface area (Å²) in [5.41, 5.74) is 0.724. The highest BCUT2D eigenvalue weighted by Crippen LogP contribution is 2.29. The second-order valence-electron chi connectivity index (χ2n) is 4.32. The number of benzene rings is 2. The lowest BCUT2D eigenvalue weighted by atomic mass is 10.1. The normalized spacial score (nSPS) is 10.9. The monoisotopic (exact) mass is 332 g/mol. The highest BCUT2D eigenvalue weighted by atomic mass is 35.5. The van der Waals surface area contributed by atoms with Crippen molar-refractivity contribution in [2.45, 2.75) is 0 Å². The molecule has 0 aliphatic rings. The number of nitrogens with one attached hydrogen (secondary N) is 1. The van der Waals surface area contributed by atoms with E-state index in [2.05, 4.69) is 5.32 Å². The molecule has 2 aromatic rings. The molecular formula is C16H10Cl2N2O2. The summed E-state index contributed by atoms with van der Waals surface area (Å²) < 4.78 is 0. The van der Waals surface area contributed by atoms with E-state index in [0.717, 1.165) is 0 Å². The Labute approximate surface area is 137 Å². The summed E-state index contributed by atoms with van der Waals surface area (Å²) >= 11 is 11.9. The van der Waals surface area contributed by atoms with Crippen LogP contribution in [-0.2, 0) is 4.79 Å². The summed E-state index contributed by atoms with van der Waals surface area (Å²) in [5.74, 6) is -0.570.